The molecule has 0 saturated heterocycles. The lowest BCUT2D eigenvalue weighted by Crippen LogP contribution is -2.03. The molecular formula is C11H17NO2. The van der Waals surface area contributed by atoms with Gasteiger partial charge in [0.2, 0.25) is 0 Å². The van der Waals surface area contributed by atoms with Crippen LogP contribution in [0.4, 0.5) is 5.69 Å². The average molecular weight is 195 g/mol. The number of nitrogen functional groups attached to an aromatic ring is 1. The number of ether oxygens (including phenoxy) is 2. The quantitative estimate of drug-likeness (QED) is 0.749. The van der Waals surface area contributed by atoms with Gasteiger partial charge in [-0.3, -0.25) is 0 Å². The van der Waals surface area contributed by atoms with Gasteiger partial charge in [-0.15, -0.1) is 0 Å². The molecule has 0 spiro atoms. The maximum atomic E-state index is 5.64. The van der Waals surface area contributed by atoms with E-state index in [0.29, 0.717) is 12.3 Å². The highest BCUT2D eigenvalue weighted by Crippen LogP contribution is 2.22. The molecule has 0 aliphatic heterocycles. The second-order valence-electron chi connectivity index (χ2n) is 3.43. The number of rotatable bonds is 4. The highest BCUT2D eigenvalue weighted by atomic mass is 16.5. The Morgan fingerprint density at radius 3 is 2.64 bits per heavy atom. The Bertz CT molecular complexity index is 297. The molecule has 1 aromatic carbocycles. The molecule has 14 heavy (non-hydrogen) atoms. The molecule has 3 heteroatoms. The third-order valence-corrected chi connectivity index (χ3v) is 1.88. The Morgan fingerprint density at radius 1 is 1.36 bits per heavy atom. The van der Waals surface area contributed by atoms with Crippen molar-refractivity contribution in [3.63, 3.8) is 0 Å². The first-order chi connectivity index (χ1) is 6.63. The largest absolute Gasteiger partial charge is 0.496 e. The highest BCUT2D eigenvalue weighted by molar-refractivity contribution is 5.48. The van der Waals surface area contributed by atoms with E-state index in [9.17, 15) is 0 Å². The van der Waals surface area contributed by atoms with Crippen LogP contribution in [0, 0.1) is 0 Å². The summed E-state index contributed by atoms with van der Waals surface area (Å²) in [4.78, 5) is 0. The molecule has 0 heterocycles. The van der Waals surface area contributed by atoms with Gasteiger partial charge in [-0.25, -0.2) is 0 Å². The van der Waals surface area contributed by atoms with Crippen molar-refractivity contribution in [3.05, 3.63) is 23.8 Å². The van der Waals surface area contributed by atoms with Crippen molar-refractivity contribution in [1.82, 2.24) is 0 Å². The van der Waals surface area contributed by atoms with Gasteiger partial charge in [0.15, 0.2) is 0 Å². The predicted octanol–water partition coefficient (Wildman–Crippen LogP) is 2.20. The smallest absolute Gasteiger partial charge is 0.126 e. The summed E-state index contributed by atoms with van der Waals surface area (Å²) in [6, 6.07) is 5.58. The Balaban J connectivity index is 2.75. The van der Waals surface area contributed by atoms with Gasteiger partial charge in [-0.2, -0.15) is 0 Å². The van der Waals surface area contributed by atoms with Crippen LogP contribution in [0.2, 0.25) is 0 Å². The molecular weight excluding hydrogens is 178 g/mol. The SMILES string of the molecule is COc1cc(N)ccc1COC(C)C. The highest BCUT2D eigenvalue weighted by Gasteiger charge is 2.04. The van der Waals surface area contributed by atoms with Crippen molar-refractivity contribution in [2.75, 3.05) is 12.8 Å². The van der Waals surface area contributed by atoms with Gasteiger partial charge in [0.1, 0.15) is 5.75 Å². The molecule has 0 amide bonds. The molecule has 0 aromatic heterocycles. The monoisotopic (exact) mass is 195 g/mol. The summed E-state index contributed by atoms with van der Waals surface area (Å²) in [7, 11) is 1.63. The van der Waals surface area contributed by atoms with Crippen LogP contribution < -0.4 is 10.5 Å². The molecule has 78 valence electrons. The lowest BCUT2D eigenvalue weighted by atomic mass is 10.2. The summed E-state index contributed by atoms with van der Waals surface area (Å²) in [6.07, 6.45) is 0.220. The lowest BCUT2D eigenvalue weighted by Gasteiger charge is -2.11. The van der Waals surface area contributed by atoms with E-state index in [1.54, 1.807) is 13.2 Å². The molecule has 1 rings (SSSR count). The van der Waals surface area contributed by atoms with Crippen molar-refractivity contribution in [1.29, 1.82) is 0 Å². The number of hydrogen-bond acceptors (Lipinski definition) is 3. The zero-order chi connectivity index (χ0) is 10.6. The zero-order valence-corrected chi connectivity index (χ0v) is 8.91. The fourth-order valence-electron chi connectivity index (χ4n) is 1.14. The van der Waals surface area contributed by atoms with E-state index in [0.717, 1.165) is 11.3 Å². The fourth-order valence-corrected chi connectivity index (χ4v) is 1.14. The minimum atomic E-state index is 0.220. The second kappa shape index (κ2) is 4.86. The summed E-state index contributed by atoms with van der Waals surface area (Å²) < 4.78 is 10.7. The third-order valence-electron chi connectivity index (χ3n) is 1.88. The summed E-state index contributed by atoms with van der Waals surface area (Å²) >= 11 is 0. The summed E-state index contributed by atoms with van der Waals surface area (Å²) in [5.74, 6) is 0.783. The first kappa shape index (κ1) is 10.9. The van der Waals surface area contributed by atoms with Gasteiger partial charge in [-0.05, 0) is 19.9 Å². The summed E-state index contributed by atoms with van der Waals surface area (Å²) in [5, 5.41) is 0. The summed E-state index contributed by atoms with van der Waals surface area (Å²) in [6.45, 7) is 4.56. The Labute approximate surface area is 84.8 Å². The van der Waals surface area contributed by atoms with Crippen LogP contribution in [-0.4, -0.2) is 13.2 Å². The van der Waals surface area contributed by atoms with E-state index in [4.69, 9.17) is 15.2 Å². The van der Waals surface area contributed by atoms with Gasteiger partial charge in [0.25, 0.3) is 0 Å². The van der Waals surface area contributed by atoms with Crippen LogP contribution in [0.1, 0.15) is 19.4 Å². The number of methoxy groups -OCH3 is 1. The topological polar surface area (TPSA) is 44.5 Å². The molecule has 0 fully saturated rings. The van der Waals surface area contributed by atoms with Crippen molar-refractivity contribution in [2.45, 2.75) is 26.6 Å². The molecule has 0 saturated carbocycles. The van der Waals surface area contributed by atoms with Crippen molar-refractivity contribution in [2.24, 2.45) is 0 Å². The second-order valence-corrected chi connectivity index (χ2v) is 3.43. The molecule has 1 aromatic rings. The first-order valence-corrected chi connectivity index (χ1v) is 4.67. The van der Waals surface area contributed by atoms with Crippen LogP contribution >= 0.6 is 0 Å². The van der Waals surface area contributed by atoms with Gasteiger partial charge in [-0.1, -0.05) is 6.07 Å². The lowest BCUT2D eigenvalue weighted by molar-refractivity contribution is 0.0644. The normalized spacial score (nSPS) is 10.6. The van der Waals surface area contributed by atoms with Crippen LogP contribution in [0.15, 0.2) is 18.2 Å². The zero-order valence-electron chi connectivity index (χ0n) is 8.91. The molecule has 2 N–H and O–H groups in total. The third kappa shape index (κ3) is 2.92. The van der Waals surface area contributed by atoms with E-state index in [2.05, 4.69) is 0 Å². The first-order valence-electron chi connectivity index (χ1n) is 4.67. The van der Waals surface area contributed by atoms with Gasteiger partial charge >= 0.3 is 0 Å². The molecule has 0 aliphatic carbocycles. The van der Waals surface area contributed by atoms with Crippen molar-refractivity contribution < 1.29 is 9.47 Å². The maximum absolute atomic E-state index is 5.64. The van der Waals surface area contributed by atoms with E-state index in [1.807, 2.05) is 26.0 Å². The minimum Gasteiger partial charge on any atom is -0.496 e. The molecule has 0 unspecified atom stereocenters. The Hall–Kier alpha value is -1.22. The standard InChI is InChI=1S/C11H17NO2/c1-8(2)14-7-9-4-5-10(12)6-11(9)13-3/h4-6,8H,7,12H2,1-3H3. The number of nitrogens with two attached hydrogens (primary N) is 1. The molecule has 3 nitrogen and oxygen atoms in total. The minimum absolute atomic E-state index is 0.220. The van der Waals surface area contributed by atoms with E-state index in [-0.39, 0.29) is 6.10 Å². The predicted molar refractivity (Wildman–Crippen MR) is 57.3 cm³/mol. The molecule has 0 aliphatic rings. The average Bonchev–Trinajstić information content (AvgIpc) is 2.15. The molecule has 0 bridgehead atoms. The van der Waals surface area contributed by atoms with Gasteiger partial charge in [0, 0.05) is 17.3 Å². The maximum Gasteiger partial charge on any atom is 0.126 e. The van der Waals surface area contributed by atoms with Crippen molar-refractivity contribution in [3.8, 4) is 5.75 Å². The number of anilines is 1. The van der Waals surface area contributed by atoms with Crippen molar-refractivity contribution >= 4 is 5.69 Å². The van der Waals surface area contributed by atoms with Crippen LogP contribution in [-0.2, 0) is 11.3 Å². The van der Waals surface area contributed by atoms with Crippen LogP contribution in [0.5, 0.6) is 5.75 Å². The fraction of sp³-hybridized carbons (Fsp3) is 0.455. The molecule has 0 radical (unpaired) electrons. The van der Waals surface area contributed by atoms with E-state index < -0.39 is 0 Å². The summed E-state index contributed by atoms with van der Waals surface area (Å²) in [5.41, 5.74) is 7.37. The Kier molecular flexibility index (Phi) is 3.77. The van der Waals surface area contributed by atoms with E-state index in [1.165, 1.54) is 0 Å². The van der Waals surface area contributed by atoms with E-state index >= 15 is 0 Å². The van der Waals surface area contributed by atoms with Gasteiger partial charge < -0.3 is 15.2 Å². The number of hydrogen-bond donors (Lipinski definition) is 1. The molecule has 0 atom stereocenters. The van der Waals surface area contributed by atoms with Gasteiger partial charge in [0.05, 0.1) is 19.8 Å². The number of benzene rings is 1. The van der Waals surface area contributed by atoms with Crippen LogP contribution in [0.3, 0.4) is 0 Å². The Morgan fingerprint density at radius 2 is 2.07 bits per heavy atom. The van der Waals surface area contributed by atoms with Crippen LogP contribution in [0.25, 0.3) is 0 Å².